The molecule has 7 heteroatoms. The van der Waals surface area contributed by atoms with E-state index < -0.39 is 6.29 Å². The first-order valence-corrected chi connectivity index (χ1v) is 14.3. The second-order valence-corrected chi connectivity index (χ2v) is 11.1. The Morgan fingerprint density at radius 3 is 2.09 bits per heavy atom. The molecule has 1 fully saturated rings. The van der Waals surface area contributed by atoms with Crippen LogP contribution in [0, 0.1) is 11.8 Å². The SMILES string of the molecule is CC(C)COC(=O)CCCCCN(CCCCCC(O)OCC(C)C)CCN(CCO)C1CCC1. The fourth-order valence-corrected chi connectivity index (χ4v) is 4.29. The Labute approximate surface area is 215 Å². The molecule has 0 aromatic heterocycles. The van der Waals surface area contributed by atoms with Crippen molar-refractivity contribution in [1.29, 1.82) is 0 Å². The third-order valence-electron chi connectivity index (χ3n) is 6.66. The summed E-state index contributed by atoms with van der Waals surface area (Å²) in [4.78, 5) is 16.8. The van der Waals surface area contributed by atoms with Crippen molar-refractivity contribution < 1.29 is 24.5 Å². The second kappa shape index (κ2) is 20.3. The first-order valence-electron chi connectivity index (χ1n) is 14.3. The molecule has 35 heavy (non-hydrogen) atoms. The zero-order chi connectivity index (χ0) is 25.9. The maximum atomic E-state index is 11.8. The number of aliphatic hydroxyl groups excluding tert-OH is 2. The lowest BCUT2D eigenvalue weighted by Crippen LogP contribution is -2.45. The molecule has 0 spiro atoms. The van der Waals surface area contributed by atoms with Gasteiger partial charge in [0.25, 0.3) is 0 Å². The summed E-state index contributed by atoms with van der Waals surface area (Å²) in [6, 6.07) is 0.646. The van der Waals surface area contributed by atoms with E-state index in [0.29, 0.717) is 43.9 Å². The smallest absolute Gasteiger partial charge is 0.305 e. The number of hydrogen-bond acceptors (Lipinski definition) is 7. The van der Waals surface area contributed by atoms with Gasteiger partial charge < -0.3 is 24.6 Å². The average molecular weight is 501 g/mol. The lowest BCUT2D eigenvalue weighted by molar-refractivity contribution is -0.144. The number of hydrogen-bond donors (Lipinski definition) is 2. The fourth-order valence-electron chi connectivity index (χ4n) is 4.29. The summed E-state index contributed by atoms with van der Waals surface area (Å²) in [6.45, 7) is 14.5. The highest BCUT2D eigenvalue weighted by Gasteiger charge is 2.24. The number of rotatable bonds is 23. The molecular formula is C28H56N2O5. The van der Waals surface area contributed by atoms with Gasteiger partial charge in [0.05, 0.1) is 19.8 Å². The predicted molar refractivity (Wildman–Crippen MR) is 142 cm³/mol. The Morgan fingerprint density at radius 1 is 0.857 bits per heavy atom. The van der Waals surface area contributed by atoms with E-state index in [0.717, 1.165) is 71.2 Å². The Hall–Kier alpha value is -0.730. The van der Waals surface area contributed by atoms with Crippen LogP contribution in [0.4, 0.5) is 0 Å². The van der Waals surface area contributed by atoms with Gasteiger partial charge in [-0.15, -0.1) is 0 Å². The van der Waals surface area contributed by atoms with E-state index in [1.54, 1.807) is 0 Å². The van der Waals surface area contributed by atoms with Crippen molar-refractivity contribution >= 4 is 5.97 Å². The molecule has 0 heterocycles. The molecule has 0 bridgehead atoms. The third-order valence-corrected chi connectivity index (χ3v) is 6.66. The van der Waals surface area contributed by atoms with Crippen LogP contribution in [0.3, 0.4) is 0 Å². The Kier molecular flexibility index (Phi) is 18.8. The summed E-state index contributed by atoms with van der Waals surface area (Å²) >= 11 is 0. The largest absolute Gasteiger partial charge is 0.465 e. The highest BCUT2D eigenvalue weighted by molar-refractivity contribution is 5.69. The van der Waals surface area contributed by atoms with E-state index in [4.69, 9.17) is 9.47 Å². The summed E-state index contributed by atoms with van der Waals surface area (Å²) in [5.74, 6) is 0.748. The van der Waals surface area contributed by atoms with Crippen LogP contribution in [0.2, 0.25) is 0 Å². The Morgan fingerprint density at radius 2 is 1.51 bits per heavy atom. The van der Waals surface area contributed by atoms with Gasteiger partial charge in [0.1, 0.15) is 0 Å². The van der Waals surface area contributed by atoms with Crippen molar-refractivity contribution in [3.05, 3.63) is 0 Å². The lowest BCUT2D eigenvalue weighted by atomic mass is 9.91. The Balaban J connectivity index is 2.33. The summed E-state index contributed by atoms with van der Waals surface area (Å²) in [6.07, 6.45) is 10.6. The number of esters is 1. The third kappa shape index (κ3) is 17.4. The molecule has 1 saturated carbocycles. The molecule has 0 aromatic rings. The van der Waals surface area contributed by atoms with E-state index in [1.165, 1.54) is 19.3 Å². The van der Waals surface area contributed by atoms with Crippen LogP contribution in [0.25, 0.3) is 0 Å². The lowest BCUT2D eigenvalue weighted by Gasteiger charge is -2.38. The second-order valence-electron chi connectivity index (χ2n) is 11.1. The fraction of sp³-hybridized carbons (Fsp3) is 0.964. The first kappa shape index (κ1) is 32.3. The maximum absolute atomic E-state index is 11.8. The number of ether oxygens (including phenoxy) is 2. The highest BCUT2D eigenvalue weighted by atomic mass is 16.6. The van der Waals surface area contributed by atoms with Crippen LogP contribution < -0.4 is 0 Å². The van der Waals surface area contributed by atoms with Crippen LogP contribution in [0.15, 0.2) is 0 Å². The van der Waals surface area contributed by atoms with Crippen LogP contribution in [0.5, 0.6) is 0 Å². The molecule has 0 radical (unpaired) electrons. The van der Waals surface area contributed by atoms with Gasteiger partial charge in [0.2, 0.25) is 0 Å². The molecular weight excluding hydrogens is 444 g/mol. The van der Waals surface area contributed by atoms with Gasteiger partial charge in [0.15, 0.2) is 6.29 Å². The quantitative estimate of drug-likeness (QED) is 0.122. The standard InChI is InChI=1S/C28H56N2O5/c1-24(2)22-34-27(32)14-7-5-9-16-29(18-19-30(20-21-31)26-12-11-13-26)17-10-6-8-15-28(33)35-23-25(3)4/h24-27,31-32H,5-23H2,1-4H3. The molecule has 1 unspecified atom stereocenters. The molecule has 208 valence electrons. The molecule has 2 N–H and O–H groups in total. The van der Waals surface area contributed by atoms with Gasteiger partial charge in [0, 0.05) is 32.1 Å². The molecule has 1 rings (SSSR count). The predicted octanol–water partition coefficient (Wildman–Crippen LogP) is 4.45. The zero-order valence-corrected chi connectivity index (χ0v) is 23.3. The number of carbonyl (C=O) groups excluding carboxylic acids is 1. The maximum Gasteiger partial charge on any atom is 0.305 e. The highest BCUT2D eigenvalue weighted by Crippen LogP contribution is 2.24. The van der Waals surface area contributed by atoms with E-state index in [2.05, 4.69) is 37.5 Å². The Bertz CT molecular complexity index is 514. The first-order chi connectivity index (χ1) is 16.8. The van der Waals surface area contributed by atoms with Crippen molar-refractivity contribution in [2.75, 3.05) is 52.5 Å². The van der Waals surface area contributed by atoms with Gasteiger partial charge in [-0.2, -0.15) is 0 Å². The van der Waals surface area contributed by atoms with E-state index >= 15 is 0 Å². The molecule has 1 aliphatic carbocycles. The van der Waals surface area contributed by atoms with Crippen LogP contribution in [0.1, 0.15) is 98.3 Å². The molecule has 7 nitrogen and oxygen atoms in total. The topological polar surface area (TPSA) is 82.5 Å². The van der Waals surface area contributed by atoms with Crippen molar-refractivity contribution in [2.24, 2.45) is 11.8 Å². The molecule has 1 aliphatic rings. The van der Waals surface area contributed by atoms with Crippen LogP contribution in [-0.4, -0.2) is 90.9 Å². The van der Waals surface area contributed by atoms with Crippen molar-refractivity contribution in [1.82, 2.24) is 9.80 Å². The van der Waals surface area contributed by atoms with Gasteiger partial charge in [-0.25, -0.2) is 0 Å². The van der Waals surface area contributed by atoms with Crippen molar-refractivity contribution in [3.8, 4) is 0 Å². The minimum Gasteiger partial charge on any atom is -0.465 e. The van der Waals surface area contributed by atoms with Gasteiger partial charge in [-0.3, -0.25) is 9.69 Å². The average Bonchev–Trinajstić information content (AvgIpc) is 2.77. The minimum absolute atomic E-state index is 0.0738. The van der Waals surface area contributed by atoms with Gasteiger partial charge in [-0.1, -0.05) is 47.0 Å². The molecule has 0 aliphatic heterocycles. The zero-order valence-electron chi connectivity index (χ0n) is 23.3. The normalized spacial score (nSPS) is 15.4. The van der Waals surface area contributed by atoms with E-state index in [1.807, 2.05) is 0 Å². The van der Waals surface area contributed by atoms with Crippen molar-refractivity contribution in [2.45, 2.75) is 111 Å². The summed E-state index contributed by atoms with van der Waals surface area (Å²) in [5.41, 5.74) is 0. The van der Waals surface area contributed by atoms with Gasteiger partial charge >= 0.3 is 5.97 Å². The van der Waals surface area contributed by atoms with E-state index in [9.17, 15) is 15.0 Å². The van der Waals surface area contributed by atoms with Crippen LogP contribution >= 0.6 is 0 Å². The van der Waals surface area contributed by atoms with Crippen molar-refractivity contribution in [3.63, 3.8) is 0 Å². The number of nitrogens with zero attached hydrogens (tertiary/aromatic N) is 2. The minimum atomic E-state index is -0.643. The van der Waals surface area contributed by atoms with Gasteiger partial charge in [-0.05, 0) is 69.9 Å². The number of unbranched alkanes of at least 4 members (excludes halogenated alkanes) is 4. The molecule has 0 saturated heterocycles. The number of aliphatic hydroxyl groups is 2. The summed E-state index contributed by atoms with van der Waals surface area (Å²) < 4.78 is 10.7. The summed E-state index contributed by atoms with van der Waals surface area (Å²) in [7, 11) is 0. The molecule has 0 amide bonds. The molecule has 1 atom stereocenters. The molecule has 0 aromatic carbocycles. The van der Waals surface area contributed by atoms with E-state index in [-0.39, 0.29) is 12.6 Å². The van der Waals surface area contributed by atoms with Crippen LogP contribution in [-0.2, 0) is 14.3 Å². The summed E-state index contributed by atoms with van der Waals surface area (Å²) in [5, 5.41) is 19.4. The monoisotopic (exact) mass is 500 g/mol. The number of carbonyl (C=O) groups is 1.